The van der Waals surface area contributed by atoms with Crippen LogP contribution in [0.15, 0.2) is 61.2 Å². The molecule has 1 heterocycles. The van der Waals surface area contributed by atoms with Gasteiger partial charge in [0.1, 0.15) is 12.4 Å². The number of amides is 1. The molecule has 0 fully saturated rings. The zero-order chi connectivity index (χ0) is 16.8. The summed E-state index contributed by atoms with van der Waals surface area (Å²) in [4.78, 5) is 16.7. The Kier molecular flexibility index (Phi) is 5.23. The van der Waals surface area contributed by atoms with Crippen molar-refractivity contribution in [3.63, 3.8) is 0 Å². The number of rotatable bonds is 7. The third kappa shape index (κ3) is 4.00. The fraction of sp³-hybridized carbons (Fsp3) is 0.158. The van der Waals surface area contributed by atoms with E-state index in [9.17, 15) is 4.79 Å². The number of ether oxygens (including phenoxy) is 1. The van der Waals surface area contributed by atoms with E-state index in [1.54, 1.807) is 41.7 Å². The Morgan fingerprint density at radius 1 is 1.21 bits per heavy atom. The van der Waals surface area contributed by atoms with E-state index >= 15 is 0 Å². The molecule has 0 aliphatic heterocycles. The Hall–Kier alpha value is -2.66. The van der Waals surface area contributed by atoms with Crippen LogP contribution in [0.4, 0.5) is 0 Å². The first kappa shape index (κ1) is 16.2. The molecule has 0 saturated heterocycles. The van der Waals surface area contributed by atoms with Crippen molar-refractivity contribution in [2.24, 2.45) is 0 Å². The molecule has 0 spiro atoms. The van der Waals surface area contributed by atoms with Crippen molar-refractivity contribution in [3.05, 3.63) is 71.8 Å². The Bertz CT molecular complexity index is 807. The van der Waals surface area contributed by atoms with Crippen molar-refractivity contribution in [2.45, 2.75) is 6.42 Å². The van der Waals surface area contributed by atoms with Gasteiger partial charge in [-0.25, -0.2) is 4.98 Å². The number of hydrogen-bond acceptors (Lipinski definition) is 4. The molecule has 0 aliphatic rings. The Labute approximate surface area is 144 Å². The van der Waals surface area contributed by atoms with Crippen molar-refractivity contribution in [2.75, 3.05) is 13.2 Å². The normalized spacial score (nSPS) is 10.5. The number of thiazole rings is 1. The van der Waals surface area contributed by atoms with Gasteiger partial charge >= 0.3 is 0 Å². The second-order valence-electron chi connectivity index (χ2n) is 5.21. The minimum atomic E-state index is -0.0913. The maximum atomic E-state index is 12.1. The molecule has 122 valence electrons. The lowest BCUT2D eigenvalue weighted by Crippen LogP contribution is -2.25. The molecule has 0 atom stereocenters. The van der Waals surface area contributed by atoms with Gasteiger partial charge in [0, 0.05) is 18.5 Å². The van der Waals surface area contributed by atoms with Crippen LogP contribution in [0.2, 0.25) is 0 Å². The van der Waals surface area contributed by atoms with Crippen LogP contribution >= 0.6 is 11.3 Å². The second kappa shape index (κ2) is 7.75. The molecule has 0 bridgehead atoms. The minimum absolute atomic E-state index is 0.0913. The Morgan fingerprint density at radius 3 is 2.75 bits per heavy atom. The SMILES string of the molecule is C=CCOc1ccc(C(=O)NCCc2nc3ccccc3s2)cc1. The molecule has 1 amide bonds. The molecular weight excluding hydrogens is 320 g/mol. The van der Waals surface area contributed by atoms with E-state index in [-0.39, 0.29) is 5.91 Å². The van der Waals surface area contributed by atoms with Gasteiger partial charge in [-0.3, -0.25) is 4.79 Å². The Balaban J connectivity index is 1.52. The summed E-state index contributed by atoms with van der Waals surface area (Å²) < 4.78 is 6.58. The Morgan fingerprint density at radius 2 is 2.00 bits per heavy atom. The van der Waals surface area contributed by atoms with Crippen molar-refractivity contribution in [1.29, 1.82) is 0 Å². The summed E-state index contributed by atoms with van der Waals surface area (Å²) in [5.41, 5.74) is 1.63. The number of carbonyl (C=O) groups is 1. The van der Waals surface area contributed by atoms with E-state index in [0.29, 0.717) is 18.7 Å². The maximum absolute atomic E-state index is 12.1. The number of fused-ring (bicyclic) bond motifs is 1. The number of carbonyl (C=O) groups excluding carboxylic acids is 1. The van der Waals surface area contributed by atoms with Gasteiger partial charge in [0.2, 0.25) is 0 Å². The quantitative estimate of drug-likeness (QED) is 0.666. The lowest BCUT2D eigenvalue weighted by atomic mass is 10.2. The predicted molar refractivity (Wildman–Crippen MR) is 97.8 cm³/mol. The van der Waals surface area contributed by atoms with E-state index in [1.165, 1.54) is 4.70 Å². The smallest absolute Gasteiger partial charge is 0.251 e. The van der Waals surface area contributed by atoms with E-state index in [4.69, 9.17) is 4.74 Å². The first-order valence-corrected chi connectivity index (χ1v) is 8.54. The molecular formula is C19H18N2O2S. The molecule has 3 aromatic rings. The zero-order valence-corrected chi connectivity index (χ0v) is 14.0. The fourth-order valence-corrected chi connectivity index (χ4v) is 3.24. The summed E-state index contributed by atoms with van der Waals surface area (Å²) in [6.07, 6.45) is 2.41. The van der Waals surface area contributed by atoms with E-state index in [0.717, 1.165) is 22.7 Å². The standard InChI is InChI=1S/C19H18N2O2S/c1-2-13-23-15-9-7-14(8-10-15)19(22)20-12-11-18-21-16-5-3-4-6-17(16)24-18/h2-10H,1,11-13H2,(H,20,22). The van der Waals surface area contributed by atoms with E-state index in [2.05, 4.69) is 22.9 Å². The summed E-state index contributed by atoms with van der Waals surface area (Å²) in [6, 6.07) is 15.1. The van der Waals surface area contributed by atoms with E-state index in [1.807, 2.05) is 18.2 Å². The molecule has 0 aliphatic carbocycles. The van der Waals surface area contributed by atoms with Gasteiger partial charge in [0.15, 0.2) is 0 Å². The first-order chi connectivity index (χ1) is 11.8. The number of benzene rings is 2. The van der Waals surface area contributed by atoms with Gasteiger partial charge in [-0.05, 0) is 36.4 Å². The number of para-hydroxylation sites is 1. The van der Waals surface area contributed by atoms with Crippen LogP contribution in [-0.2, 0) is 6.42 Å². The molecule has 0 unspecified atom stereocenters. The monoisotopic (exact) mass is 338 g/mol. The van der Waals surface area contributed by atoms with Gasteiger partial charge in [0.05, 0.1) is 15.2 Å². The summed E-state index contributed by atoms with van der Waals surface area (Å²) in [5, 5.41) is 3.96. The molecule has 1 aromatic heterocycles. The molecule has 4 nitrogen and oxygen atoms in total. The van der Waals surface area contributed by atoms with Gasteiger partial charge in [-0.2, -0.15) is 0 Å². The topological polar surface area (TPSA) is 51.2 Å². The molecule has 2 aromatic carbocycles. The van der Waals surface area contributed by atoms with Crippen molar-refractivity contribution >= 4 is 27.5 Å². The molecule has 5 heteroatoms. The van der Waals surface area contributed by atoms with Gasteiger partial charge < -0.3 is 10.1 Å². The molecule has 0 radical (unpaired) electrons. The highest BCUT2D eigenvalue weighted by Gasteiger charge is 2.07. The summed E-state index contributed by atoms with van der Waals surface area (Å²) in [7, 11) is 0. The number of hydrogen-bond donors (Lipinski definition) is 1. The van der Waals surface area contributed by atoms with Crippen LogP contribution in [0.25, 0.3) is 10.2 Å². The second-order valence-corrected chi connectivity index (χ2v) is 6.32. The average Bonchev–Trinajstić information content (AvgIpc) is 3.03. The summed E-state index contributed by atoms with van der Waals surface area (Å²) in [6.45, 7) is 4.62. The van der Waals surface area contributed by atoms with Crippen LogP contribution in [0.3, 0.4) is 0 Å². The molecule has 24 heavy (non-hydrogen) atoms. The van der Waals surface area contributed by atoms with Crippen LogP contribution in [-0.4, -0.2) is 24.0 Å². The number of nitrogens with zero attached hydrogens (tertiary/aromatic N) is 1. The lowest BCUT2D eigenvalue weighted by Gasteiger charge is -2.06. The number of nitrogens with one attached hydrogen (secondary N) is 1. The van der Waals surface area contributed by atoms with Crippen LogP contribution in [0.5, 0.6) is 5.75 Å². The fourth-order valence-electron chi connectivity index (χ4n) is 2.27. The first-order valence-electron chi connectivity index (χ1n) is 7.72. The molecule has 1 N–H and O–H groups in total. The van der Waals surface area contributed by atoms with Crippen LogP contribution in [0.1, 0.15) is 15.4 Å². The molecule has 0 saturated carbocycles. The van der Waals surface area contributed by atoms with E-state index < -0.39 is 0 Å². The lowest BCUT2D eigenvalue weighted by molar-refractivity contribution is 0.0954. The number of aromatic nitrogens is 1. The average molecular weight is 338 g/mol. The third-order valence-corrected chi connectivity index (χ3v) is 4.54. The highest BCUT2D eigenvalue weighted by molar-refractivity contribution is 7.18. The minimum Gasteiger partial charge on any atom is -0.490 e. The summed E-state index contributed by atoms with van der Waals surface area (Å²) >= 11 is 1.67. The maximum Gasteiger partial charge on any atom is 0.251 e. The van der Waals surface area contributed by atoms with Gasteiger partial charge in [-0.15, -0.1) is 11.3 Å². The predicted octanol–water partition coefficient (Wildman–Crippen LogP) is 3.83. The third-order valence-electron chi connectivity index (χ3n) is 3.45. The zero-order valence-electron chi connectivity index (χ0n) is 13.2. The van der Waals surface area contributed by atoms with Crippen molar-refractivity contribution in [3.8, 4) is 5.75 Å². The van der Waals surface area contributed by atoms with Crippen molar-refractivity contribution < 1.29 is 9.53 Å². The van der Waals surface area contributed by atoms with Gasteiger partial charge in [0.25, 0.3) is 5.91 Å². The molecule has 3 rings (SSSR count). The van der Waals surface area contributed by atoms with Crippen molar-refractivity contribution in [1.82, 2.24) is 10.3 Å². The van der Waals surface area contributed by atoms with Gasteiger partial charge in [-0.1, -0.05) is 24.8 Å². The highest BCUT2D eigenvalue weighted by Crippen LogP contribution is 2.21. The largest absolute Gasteiger partial charge is 0.490 e. The van der Waals surface area contributed by atoms with Crippen LogP contribution < -0.4 is 10.1 Å². The summed E-state index contributed by atoms with van der Waals surface area (Å²) in [5.74, 6) is 0.632. The van der Waals surface area contributed by atoms with Crippen LogP contribution in [0, 0.1) is 0 Å². The highest BCUT2D eigenvalue weighted by atomic mass is 32.1.